The summed E-state index contributed by atoms with van der Waals surface area (Å²) in [6.45, 7) is 15.2. The van der Waals surface area contributed by atoms with Crippen LogP contribution < -0.4 is 4.90 Å². The van der Waals surface area contributed by atoms with Crippen LogP contribution in [0, 0.1) is 5.92 Å². The number of benzene rings is 1. The normalized spacial score (nSPS) is 17.0. The van der Waals surface area contributed by atoms with E-state index >= 15 is 0 Å². The van der Waals surface area contributed by atoms with Gasteiger partial charge in [-0.15, -0.1) is 0 Å². The Morgan fingerprint density at radius 3 is 2.05 bits per heavy atom. The fraction of sp³-hybridized carbons (Fsp3) is 0.684. The molecule has 0 bridgehead atoms. The van der Waals surface area contributed by atoms with Crippen LogP contribution in [0.15, 0.2) is 24.3 Å². The molecule has 1 aromatic carbocycles. The second-order valence-electron chi connectivity index (χ2n) is 7.11. The number of piperazine rings is 1. The molecule has 0 aromatic heterocycles. The minimum absolute atomic E-state index is 0.622. The zero-order chi connectivity index (χ0) is 15.2. The van der Waals surface area contributed by atoms with Crippen molar-refractivity contribution < 1.29 is 0 Å². The Morgan fingerprint density at radius 1 is 0.905 bits per heavy atom. The maximum absolute atomic E-state index is 2.63. The highest BCUT2D eigenvalue weighted by atomic mass is 15.3. The van der Waals surface area contributed by atoms with E-state index in [4.69, 9.17) is 0 Å². The molecule has 0 unspecified atom stereocenters. The van der Waals surface area contributed by atoms with E-state index < -0.39 is 0 Å². The molecule has 2 nitrogen and oxygen atoms in total. The quantitative estimate of drug-likeness (QED) is 0.767. The van der Waals surface area contributed by atoms with Gasteiger partial charge in [0.1, 0.15) is 0 Å². The van der Waals surface area contributed by atoms with Gasteiger partial charge in [-0.3, -0.25) is 4.90 Å². The van der Waals surface area contributed by atoms with E-state index in [-0.39, 0.29) is 0 Å². The van der Waals surface area contributed by atoms with Crippen molar-refractivity contribution in [2.24, 2.45) is 5.92 Å². The van der Waals surface area contributed by atoms with Gasteiger partial charge in [0.25, 0.3) is 0 Å². The topological polar surface area (TPSA) is 6.48 Å². The van der Waals surface area contributed by atoms with Crippen LogP contribution in [0.3, 0.4) is 0 Å². The summed E-state index contributed by atoms with van der Waals surface area (Å²) in [7, 11) is 0. The number of hydrogen-bond acceptors (Lipinski definition) is 2. The van der Waals surface area contributed by atoms with Crippen LogP contribution in [0.4, 0.5) is 5.69 Å². The molecule has 1 aliphatic heterocycles. The van der Waals surface area contributed by atoms with E-state index in [0.717, 1.165) is 5.92 Å². The molecular weight excluding hydrogens is 256 g/mol. The van der Waals surface area contributed by atoms with E-state index in [9.17, 15) is 0 Å². The van der Waals surface area contributed by atoms with Gasteiger partial charge >= 0.3 is 0 Å². The molecule has 1 fully saturated rings. The van der Waals surface area contributed by atoms with Crippen molar-refractivity contribution >= 4 is 5.69 Å². The third-order valence-electron chi connectivity index (χ3n) is 4.55. The van der Waals surface area contributed by atoms with Crippen molar-refractivity contribution in [2.75, 3.05) is 37.6 Å². The van der Waals surface area contributed by atoms with Gasteiger partial charge in [-0.1, -0.05) is 39.8 Å². The van der Waals surface area contributed by atoms with Gasteiger partial charge in [0, 0.05) is 31.9 Å². The van der Waals surface area contributed by atoms with Crippen LogP contribution in [0.5, 0.6) is 0 Å². The fourth-order valence-corrected chi connectivity index (χ4v) is 3.02. The highest BCUT2D eigenvalue weighted by Crippen LogP contribution is 2.21. The summed E-state index contributed by atoms with van der Waals surface area (Å²) in [6.07, 6.45) is 2.71. The van der Waals surface area contributed by atoms with Gasteiger partial charge in [-0.05, 0) is 48.9 Å². The number of nitrogens with zero attached hydrogens (tertiary/aromatic N) is 2. The van der Waals surface area contributed by atoms with Gasteiger partial charge in [0.05, 0.1) is 0 Å². The molecule has 2 heteroatoms. The van der Waals surface area contributed by atoms with Crippen LogP contribution in [-0.2, 0) is 0 Å². The molecule has 0 amide bonds. The highest BCUT2D eigenvalue weighted by molar-refractivity contribution is 5.48. The SMILES string of the molecule is CC(C)CCCN1CCN(c2ccc(C(C)C)cc2)CC1. The Kier molecular flexibility index (Phi) is 6.10. The van der Waals surface area contributed by atoms with Gasteiger partial charge in [0.15, 0.2) is 0 Å². The summed E-state index contributed by atoms with van der Waals surface area (Å²) in [5.74, 6) is 1.46. The van der Waals surface area contributed by atoms with Crippen molar-refractivity contribution in [1.82, 2.24) is 4.90 Å². The lowest BCUT2D eigenvalue weighted by molar-refractivity contribution is 0.248. The molecule has 1 aromatic rings. The van der Waals surface area contributed by atoms with Gasteiger partial charge in [0.2, 0.25) is 0 Å². The van der Waals surface area contributed by atoms with E-state index in [1.807, 2.05) is 0 Å². The number of rotatable bonds is 6. The summed E-state index contributed by atoms with van der Waals surface area (Å²) in [5, 5.41) is 0. The van der Waals surface area contributed by atoms with E-state index in [0.29, 0.717) is 5.92 Å². The van der Waals surface area contributed by atoms with Gasteiger partial charge < -0.3 is 4.90 Å². The molecular formula is C19H32N2. The molecule has 1 heterocycles. The Balaban J connectivity index is 1.78. The Morgan fingerprint density at radius 2 is 1.52 bits per heavy atom. The molecule has 0 saturated carbocycles. The standard InChI is InChI=1S/C19H32N2/c1-16(2)6-5-11-20-12-14-21(15-13-20)19-9-7-18(8-10-19)17(3)4/h7-10,16-17H,5-6,11-15H2,1-4H3. The van der Waals surface area contributed by atoms with E-state index in [1.54, 1.807) is 0 Å². The molecule has 118 valence electrons. The Bertz CT molecular complexity index is 400. The van der Waals surface area contributed by atoms with Crippen LogP contribution >= 0.6 is 0 Å². The zero-order valence-corrected chi connectivity index (χ0v) is 14.3. The minimum atomic E-state index is 0.622. The predicted molar refractivity (Wildman–Crippen MR) is 93.3 cm³/mol. The maximum atomic E-state index is 2.63. The minimum Gasteiger partial charge on any atom is -0.369 e. The predicted octanol–water partition coefficient (Wildman–Crippen LogP) is 4.37. The van der Waals surface area contributed by atoms with Crippen molar-refractivity contribution in [2.45, 2.75) is 46.5 Å². The van der Waals surface area contributed by atoms with Crippen LogP contribution in [-0.4, -0.2) is 37.6 Å². The molecule has 0 atom stereocenters. The maximum Gasteiger partial charge on any atom is 0.0367 e. The monoisotopic (exact) mass is 288 g/mol. The molecule has 0 spiro atoms. The van der Waals surface area contributed by atoms with Crippen molar-refractivity contribution in [3.63, 3.8) is 0 Å². The van der Waals surface area contributed by atoms with Crippen LogP contribution in [0.2, 0.25) is 0 Å². The molecule has 21 heavy (non-hydrogen) atoms. The number of hydrogen-bond donors (Lipinski definition) is 0. The largest absolute Gasteiger partial charge is 0.369 e. The first-order chi connectivity index (χ1) is 10.1. The first-order valence-electron chi connectivity index (χ1n) is 8.63. The third kappa shape index (κ3) is 5.03. The summed E-state index contributed by atoms with van der Waals surface area (Å²) in [4.78, 5) is 5.16. The molecule has 0 aliphatic carbocycles. The van der Waals surface area contributed by atoms with Gasteiger partial charge in [-0.2, -0.15) is 0 Å². The van der Waals surface area contributed by atoms with Crippen molar-refractivity contribution in [3.8, 4) is 0 Å². The van der Waals surface area contributed by atoms with E-state index in [1.165, 1.54) is 56.8 Å². The molecule has 0 radical (unpaired) electrons. The summed E-state index contributed by atoms with van der Waals surface area (Å²) in [6, 6.07) is 9.16. The van der Waals surface area contributed by atoms with E-state index in [2.05, 4.69) is 61.8 Å². The lowest BCUT2D eigenvalue weighted by atomic mass is 10.0. The fourth-order valence-electron chi connectivity index (χ4n) is 3.02. The zero-order valence-electron chi connectivity index (χ0n) is 14.3. The van der Waals surface area contributed by atoms with Crippen LogP contribution in [0.1, 0.15) is 52.0 Å². The summed E-state index contributed by atoms with van der Waals surface area (Å²) >= 11 is 0. The third-order valence-corrected chi connectivity index (χ3v) is 4.55. The second kappa shape index (κ2) is 7.84. The first kappa shape index (κ1) is 16.4. The Labute approximate surface area is 131 Å². The Hall–Kier alpha value is -1.02. The molecule has 0 N–H and O–H groups in total. The van der Waals surface area contributed by atoms with Gasteiger partial charge in [-0.25, -0.2) is 0 Å². The molecule has 2 rings (SSSR count). The summed E-state index contributed by atoms with van der Waals surface area (Å²) < 4.78 is 0. The second-order valence-corrected chi connectivity index (χ2v) is 7.11. The number of anilines is 1. The summed E-state index contributed by atoms with van der Waals surface area (Å²) in [5.41, 5.74) is 2.83. The lowest BCUT2D eigenvalue weighted by Gasteiger charge is -2.36. The average molecular weight is 288 g/mol. The van der Waals surface area contributed by atoms with Crippen LogP contribution in [0.25, 0.3) is 0 Å². The molecule has 1 aliphatic rings. The van der Waals surface area contributed by atoms with Crippen molar-refractivity contribution in [1.29, 1.82) is 0 Å². The first-order valence-corrected chi connectivity index (χ1v) is 8.63. The average Bonchev–Trinajstić information content (AvgIpc) is 2.48. The lowest BCUT2D eigenvalue weighted by Crippen LogP contribution is -2.46. The highest BCUT2D eigenvalue weighted by Gasteiger charge is 2.16. The van der Waals surface area contributed by atoms with Crippen molar-refractivity contribution in [3.05, 3.63) is 29.8 Å². The smallest absolute Gasteiger partial charge is 0.0367 e. The molecule has 1 saturated heterocycles.